The van der Waals surface area contributed by atoms with Crippen LogP contribution in [0.5, 0.6) is 0 Å². The average Bonchev–Trinajstić information content (AvgIpc) is 3.00. The molecule has 0 atom stereocenters. The first kappa shape index (κ1) is 13.1. The number of hydrogen-bond donors (Lipinski definition) is 0. The second kappa shape index (κ2) is 4.28. The summed E-state index contributed by atoms with van der Waals surface area (Å²) in [5.41, 5.74) is 0. The molecule has 0 aromatic carbocycles. The Morgan fingerprint density at radius 3 is 1.78 bits per heavy atom. The Morgan fingerprint density at radius 1 is 0.944 bits per heavy atom. The van der Waals surface area contributed by atoms with Gasteiger partial charge in [-0.05, 0) is 0 Å². The molecule has 0 radical (unpaired) electrons. The zero-order chi connectivity index (χ0) is 13.0. The van der Waals surface area contributed by atoms with Crippen molar-refractivity contribution in [1.29, 1.82) is 0 Å². The number of rotatable bonds is 2. The normalized spacial score (nSPS) is 26.9. The van der Waals surface area contributed by atoms with Gasteiger partial charge in [-0.15, -0.1) is 0 Å². The maximum atomic E-state index is 2.66. The molecule has 2 aliphatic carbocycles. The van der Waals surface area contributed by atoms with Crippen molar-refractivity contribution in [3.05, 3.63) is 41.3 Å². The van der Waals surface area contributed by atoms with Crippen LogP contribution in [0, 0.1) is 0 Å². The van der Waals surface area contributed by atoms with Gasteiger partial charge in [0.1, 0.15) is 0 Å². The second-order valence-electron chi connectivity index (χ2n) is 6.41. The summed E-state index contributed by atoms with van der Waals surface area (Å²) in [5.74, 6) is 0. The van der Waals surface area contributed by atoms with Gasteiger partial charge >= 0.3 is 118 Å². The van der Waals surface area contributed by atoms with Crippen molar-refractivity contribution in [3.63, 3.8) is 0 Å². The summed E-state index contributed by atoms with van der Waals surface area (Å²) in [7, 11) is -1.34. The molecule has 0 nitrogen and oxygen atoms in total. The van der Waals surface area contributed by atoms with Crippen molar-refractivity contribution in [2.24, 2.45) is 0 Å². The van der Waals surface area contributed by atoms with Crippen LogP contribution in [0.15, 0.2) is 41.3 Å². The van der Waals surface area contributed by atoms with Crippen molar-refractivity contribution in [2.45, 2.75) is 48.0 Å². The van der Waals surface area contributed by atoms with E-state index >= 15 is 0 Å². The summed E-state index contributed by atoms with van der Waals surface area (Å²) in [6.45, 7) is 4.88. The van der Waals surface area contributed by atoms with Crippen LogP contribution in [-0.2, 0) is 20.3 Å². The maximum absolute atomic E-state index is 2.66. The zero-order valence-electron chi connectivity index (χ0n) is 12.1. The van der Waals surface area contributed by atoms with E-state index < -0.39 is 28.3 Å². The van der Waals surface area contributed by atoms with Gasteiger partial charge in [0.05, 0.1) is 0 Å². The molecule has 1 heterocycles. The van der Waals surface area contributed by atoms with Gasteiger partial charge in [-0.1, -0.05) is 0 Å². The minimum atomic E-state index is -2.13. The van der Waals surface area contributed by atoms with Gasteiger partial charge < -0.3 is 0 Å². The van der Waals surface area contributed by atoms with Gasteiger partial charge in [-0.3, -0.25) is 0 Å². The quantitative estimate of drug-likeness (QED) is 0.605. The van der Waals surface area contributed by atoms with Crippen LogP contribution in [0.25, 0.3) is 0 Å². The van der Waals surface area contributed by atoms with Crippen LogP contribution in [0.2, 0.25) is 21.4 Å². The van der Waals surface area contributed by atoms with E-state index in [1.165, 1.54) is 24.9 Å². The van der Waals surface area contributed by atoms with E-state index in [1.54, 1.807) is 0 Å². The molecule has 0 amide bonds. The van der Waals surface area contributed by atoms with E-state index in [4.69, 9.17) is 0 Å². The first-order valence-corrected chi connectivity index (χ1v) is 17.2. The predicted molar refractivity (Wildman–Crippen MR) is 80.0 cm³/mol. The van der Waals surface area contributed by atoms with Crippen LogP contribution in [-0.4, -0.2) is 8.07 Å². The summed E-state index contributed by atoms with van der Waals surface area (Å²) in [5, 5.41) is 3.75. The van der Waals surface area contributed by atoms with Crippen molar-refractivity contribution >= 4 is 8.07 Å². The first-order valence-electron chi connectivity index (χ1n) is 7.39. The fraction of sp³-hybridized carbons (Fsp3) is 0.500. The van der Waals surface area contributed by atoms with Gasteiger partial charge in [-0.2, -0.15) is 0 Å². The average molecular weight is 336 g/mol. The Bertz CT molecular complexity index is 471. The summed E-state index contributed by atoms with van der Waals surface area (Å²) in [6.07, 6.45) is 12.6. The summed E-state index contributed by atoms with van der Waals surface area (Å²) in [6, 6.07) is 2.80. The molecule has 0 spiro atoms. The van der Waals surface area contributed by atoms with Crippen LogP contribution >= 0.6 is 0 Å². The van der Waals surface area contributed by atoms with E-state index in [9.17, 15) is 0 Å². The Balaban J connectivity index is 2.27. The SMILES string of the molecule is CC[Si]1(CC)C2=[C](CC=C2)[Zr]([CH3])([CH3])[C]2=C1C=CC2. The van der Waals surface area contributed by atoms with Gasteiger partial charge in [0.2, 0.25) is 0 Å². The molecule has 3 rings (SSSR count). The molecular weight excluding hydrogens is 311 g/mol. The van der Waals surface area contributed by atoms with E-state index in [1.807, 2.05) is 17.0 Å². The van der Waals surface area contributed by atoms with Crippen LogP contribution < -0.4 is 0 Å². The third-order valence-electron chi connectivity index (χ3n) is 5.61. The Kier molecular flexibility index (Phi) is 3.11. The molecule has 0 aromatic rings. The van der Waals surface area contributed by atoms with Crippen LogP contribution in [0.3, 0.4) is 0 Å². The van der Waals surface area contributed by atoms with E-state index in [-0.39, 0.29) is 0 Å². The third-order valence-corrected chi connectivity index (χ3v) is 22.0. The zero-order valence-corrected chi connectivity index (χ0v) is 15.6. The minimum absolute atomic E-state index is 1.30. The van der Waals surface area contributed by atoms with E-state index in [2.05, 4.69) is 47.4 Å². The molecule has 0 bridgehead atoms. The van der Waals surface area contributed by atoms with E-state index in [0.717, 1.165) is 0 Å². The molecular formula is C16H24SiZr. The molecule has 18 heavy (non-hydrogen) atoms. The molecule has 0 N–H and O–H groups in total. The molecule has 0 unspecified atom stereocenters. The summed E-state index contributed by atoms with van der Waals surface area (Å²) >= 11 is -2.13. The fourth-order valence-corrected chi connectivity index (χ4v) is 23.9. The van der Waals surface area contributed by atoms with Gasteiger partial charge in [0.15, 0.2) is 0 Å². The summed E-state index contributed by atoms with van der Waals surface area (Å²) in [4.78, 5) is 0. The van der Waals surface area contributed by atoms with Crippen molar-refractivity contribution in [1.82, 2.24) is 0 Å². The Labute approximate surface area is 117 Å². The molecule has 96 valence electrons. The molecule has 0 saturated heterocycles. The number of allylic oxidation sites excluding steroid dienone is 8. The predicted octanol–water partition coefficient (Wildman–Crippen LogP) is 5.25. The van der Waals surface area contributed by atoms with Crippen molar-refractivity contribution in [3.8, 4) is 0 Å². The molecule has 3 aliphatic rings. The third kappa shape index (κ3) is 1.45. The molecule has 2 heteroatoms. The first-order chi connectivity index (χ1) is 8.58. The van der Waals surface area contributed by atoms with Crippen molar-refractivity contribution in [2.75, 3.05) is 0 Å². The second-order valence-corrected chi connectivity index (χ2v) is 22.0. The van der Waals surface area contributed by atoms with Gasteiger partial charge in [-0.25, -0.2) is 0 Å². The van der Waals surface area contributed by atoms with Gasteiger partial charge in [0, 0.05) is 0 Å². The van der Waals surface area contributed by atoms with Crippen LogP contribution in [0.1, 0.15) is 26.7 Å². The Morgan fingerprint density at radius 2 is 1.39 bits per heavy atom. The van der Waals surface area contributed by atoms with E-state index in [0.29, 0.717) is 0 Å². The van der Waals surface area contributed by atoms with Crippen molar-refractivity contribution < 1.29 is 20.3 Å². The molecule has 0 saturated carbocycles. The monoisotopic (exact) mass is 334 g/mol. The Hall–Kier alpha value is 0.0600. The van der Waals surface area contributed by atoms with Gasteiger partial charge in [0.25, 0.3) is 0 Å². The standard InChI is InChI=1S/C14H18Si.2CH3.Zr/c1-3-15(4-2,13-9-5-6-10-13)14-11-7-8-12-14;;;/h5,7,9,11H,3-4,6,8H2,1-2H3;2*1H3;. The fourth-order valence-electron chi connectivity index (χ4n) is 4.43. The molecule has 0 fully saturated rings. The number of hydrogen-bond acceptors (Lipinski definition) is 0. The topological polar surface area (TPSA) is 0 Å². The summed E-state index contributed by atoms with van der Waals surface area (Å²) < 4.78 is 9.23. The molecule has 1 aliphatic heterocycles. The molecule has 0 aromatic heterocycles. The van der Waals surface area contributed by atoms with Crippen LogP contribution in [0.4, 0.5) is 0 Å².